The number of fused-ring (bicyclic) bond motifs is 3. The molecule has 0 saturated carbocycles. The summed E-state index contributed by atoms with van der Waals surface area (Å²) in [4.78, 5) is 24.1. The molecule has 0 unspecified atom stereocenters. The van der Waals surface area contributed by atoms with E-state index in [1.807, 2.05) is 19.2 Å². The van der Waals surface area contributed by atoms with E-state index in [0.29, 0.717) is 12.2 Å². The van der Waals surface area contributed by atoms with Crippen LogP contribution < -0.4 is 5.69 Å². The lowest BCUT2D eigenvalue weighted by Gasteiger charge is -2.07. The van der Waals surface area contributed by atoms with E-state index in [1.54, 1.807) is 21.2 Å². The minimum atomic E-state index is -0.153. The van der Waals surface area contributed by atoms with Gasteiger partial charge in [0.15, 0.2) is 5.65 Å². The number of nitrogens with zero attached hydrogens (tertiary/aromatic N) is 5. The zero-order valence-corrected chi connectivity index (χ0v) is 15.5. The van der Waals surface area contributed by atoms with Gasteiger partial charge >= 0.3 is 5.69 Å². The third-order valence-electron chi connectivity index (χ3n) is 4.19. The molecule has 0 spiro atoms. The lowest BCUT2D eigenvalue weighted by molar-refractivity contribution is 0.640. The molecule has 8 heteroatoms. The Kier molecular flexibility index (Phi) is 3.54. The lowest BCUT2D eigenvalue weighted by Crippen LogP contribution is -2.24. The Morgan fingerprint density at radius 2 is 2.08 bits per heavy atom. The highest BCUT2D eigenvalue weighted by molar-refractivity contribution is 7.18. The first-order valence-corrected chi connectivity index (χ1v) is 9.49. The van der Waals surface area contributed by atoms with Gasteiger partial charge in [-0.2, -0.15) is 0 Å². The number of aryl methyl sites for hydroxylation is 2. The maximum Gasteiger partial charge on any atom is 0.352 e. The Hall–Kier alpha value is -2.06. The number of hydrogen-bond acceptors (Lipinski definition) is 6. The van der Waals surface area contributed by atoms with Gasteiger partial charge < -0.3 is 0 Å². The van der Waals surface area contributed by atoms with Crippen molar-refractivity contribution in [3.63, 3.8) is 0 Å². The summed E-state index contributed by atoms with van der Waals surface area (Å²) in [5, 5.41) is 7.55. The monoisotopic (exact) mass is 359 g/mol. The first kappa shape index (κ1) is 15.5. The largest absolute Gasteiger partial charge is 0.352 e. The van der Waals surface area contributed by atoms with Crippen LogP contribution in [0.25, 0.3) is 15.9 Å². The van der Waals surface area contributed by atoms with Crippen LogP contribution in [-0.2, 0) is 6.54 Å². The second-order valence-corrected chi connectivity index (χ2v) is 8.09. The Morgan fingerprint density at radius 1 is 1.29 bits per heavy atom. The number of thiazole rings is 1. The number of thiophene rings is 1. The van der Waals surface area contributed by atoms with Gasteiger partial charge in [0.05, 0.1) is 23.1 Å². The molecule has 0 aliphatic rings. The first-order valence-electron chi connectivity index (χ1n) is 7.73. The maximum absolute atomic E-state index is 12.9. The SMILES string of the molecule is Cc1sc2nc(C(C)C)n3c(=O)n(Cc4cscn4)nc3c2c1C. The third-order valence-corrected chi connectivity index (χ3v) is 5.92. The van der Waals surface area contributed by atoms with Crippen molar-refractivity contribution >= 4 is 38.5 Å². The van der Waals surface area contributed by atoms with E-state index < -0.39 is 0 Å². The zero-order chi connectivity index (χ0) is 17.0. The van der Waals surface area contributed by atoms with Crippen molar-refractivity contribution in [2.45, 2.75) is 40.2 Å². The van der Waals surface area contributed by atoms with Crippen molar-refractivity contribution in [1.82, 2.24) is 24.1 Å². The Balaban J connectivity index is 2.08. The van der Waals surface area contributed by atoms with Gasteiger partial charge in [-0.15, -0.1) is 27.8 Å². The molecule has 4 heterocycles. The highest BCUT2D eigenvalue weighted by Gasteiger charge is 2.21. The normalized spacial score (nSPS) is 12.0. The molecule has 0 atom stereocenters. The summed E-state index contributed by atoms with van der Waals surface area (Å²) in [6.45, 7) is 8.62. The molecule has 124 valence electrons. The standard InChI is InChI=1S/C16H17N5OS2/c1-8(2)13-18-15-12(9(3)10(4)24-15)14-19-20(16(22)21(13)14)5-11-6-23-7-17-11/h6-8H,5H2,1-4H3. The van der Waals surface area contributed by atoms with Crippen molar-refractivity contribution in [2.75, 3.05) is 0 Å². The van der Waals surface area contributed by atoms with E-state index in [4.69, 9.17) is 4.98 Å². The topological polar surface area (TPSA) is 65.1 Å². The van der Waals surface area contributed by atoms with Crippen LogP contribution in [0.4, 0.5) is 0 Å². The van der Waals surface area contributed by atoms with Crippen LogP contribution in [0.15, 0.2) is 15.7 Å². The van der Waals surface area contributed by atoms with E-state index in [2.05, 4.69) is 23.9 Å². The van der Waals surface area contributed by atoms with Crippen molar-refractivity contribution in [1.29, 1.82) is 0 Å². The zero-order valence-electron chi connectivity index (χ0n) is 13.9. The molecule has 4 rings (SSSR count). The van der Waals surface area contributed by atoms with Gasteiger partial charge in [0, 0.05) is 16.2 Å². The summed E-state index contributed by atoms with van der Waals surface area (Å²) in [5.41, 5.74) is 4.31. The van der Waals surface area contributed by atoms with E-state index in [1.165, 1.54) is 20.9 Å². The van der Waals surface area contributed by atoms with Crippen molar-refractivity contribution < 1.29 is 0 Å². The van der Waals surface area contributed by atoms with Crippen molar-refractivity contribution in [2.24, 2.45) is 0 Å². The van der Waals surface area contributed by atoms with Crippen LogP contribution in [0.5, 0.6) is 0 Å². The fourth-order valence-electron chi connectivity index (χ4n) is 2.84. The molecule has 24 heavy (non-hydrogen) atoms. The highest BCUT2D eigenvalue weighted by atomic mass is 32.1. The van der Waals surface area contributed by atoms with Crippen LogP contribution in [0.3, 0.4) is 0 Å². The first-order chi connectivity index (χ1) is 11.5. The lowest BCUT2D eigenvalue weighted by atomic mass is 10.2. The summed E-state index contributed by atoms with van der Waals surface area (Å²) < 4.78 is 3.16. The fourth-order valence-corrected chi connectivity index (χ4v) is 4.42. The Morgan fingerprint density at radius 3 is 2.75 bits per heavy atom. The van der Waals surface area contributed by atoms with E-state index >= 15 is 0 Å². The van der Waals surface area contributed by atoms with Crippen LogP contribution in [-0.4, -0.2) is 24.1 Å². The summed E-state index contributed by atoms with van der Waals surface area (Å²) in [6, 6.07) is 0. The smallest absolute Gasteiger partial charge is 0.248 e. The van der Waals surface area contributed by atoms with Gasteiger partial charge in [0.1, 0.15) is 10.7 Å². The molecule has 0 saturated heterocycles. The van der Waals surface area contributed by atoms with Crippen molar-refractivity contribution in [3.8, 4) is 0 Å². The molecule has 0 aliphatic carbocycles. The predicted octanol–water partition coefficient (Wildman–Crippen LogP) is 3.35. The van der Waals surface area contributed by atoms with Crippen LogP contribution in [0.1, 0.15) is 41.7 Å². The Labute approximate surface area is 146 Å². The van der Waals surface area contributed by atoms with Gasteiger partial charge in [-0.1, -0.05) is 13.8 Å². The molecule has 4 aromatic rings. The fraction of sp³-hybridized carbons (Fsp3) is 0.375. The Bertz CT molecular complexity index is 1100. The van der Waals surface area contributed by atoms with E-state index in [9.17, 15) is 4.79 Å². The summed E-state index contributed by atoms with van der Waals surface area (Å²) in [7, 11) is 0. The third kappa shape index (κ3) is 2.21. The average molecular weight is 359 g/mol. The summed E-state index contributed by atoms with van der Waals surface area (Å²) >= 11 is 3.18. The second-order valence-electron chi connectivity index (χ2n) is 6.17. The highest BCUT2D eigenvalue weighted by Crippen LogP contribution is 2.32. The molecular formula is C16H17N5OS2. The number of hydrogen-bond donors (Lipinski definition) is 0. The molecular weight excluding hydrogens is 342 g/mol. The second kappa shape index (κ2) is 5.49. The van der Waals surface area contributed by atoms with Crippen LogP contribution >= 0.6 is 22.7 Å². The van der Waals surface area contributed by atoms with Crippen LogP contribution in [0, 0.1) is 13.8 Å². The molecule has 0 radical (unpaired) electrons. The van der Waals surface area contributed by atoms with Gasteiger partial charge in [-0.05, 0) is 19.4 Å². The van der Waals surface area contributed by atoms with Crippen molar-refractivity contribution in [3.05, 3.63) is 43.3 Å². The molecule has 0 N–H and O–H groups in total. The molecule has 6 nitrogen and oxygen atoms in total. The van der Waals surface area contributed by atoms with Gasteiger partial charge in [0.2, 0.25) is 0 Å². The van der Waals surface area contributed by atoms with E-state index in [-0.39, 0.29) is 11.6 Å². The van der Waals surface area contributed by atoms with Gasteiger partial charge in [-0.3, -0.25) is 0 Å². The molecule has 0 aliphatic heterocycles. The molecule has 0 amide bonds. The predicted molar refractivity (Wildman–Crippen MR) is 97.4 cm³/mol. The van der Waals surface area contributed by atoms with E-state index in [0.717, 1.165) is 27.3 Å². The number of rotatable bonds is 3. The molecule has 0 aromatic carbocycles. The van der Waals surface area contributed by atoms with Gasteiger partial charge in [-0.25, -0.2) is 23.8 Å². The maximum atomic E-state index is 12.9. The molecule has 4 aromatic heterocycles. The number of aromatic nitrogens is 5. The molecule has 0 fully saturated rings. The average Bonchev–Trinajstić information content (AvgIpc) is 3.21. The summed E-state index contributed by atoms with van der Waals surface area (Å²) in [6.07, 6.45) is 0. The minimum absolute atomic E-state index is 0.134. The quantitative estimate of drug-likeness (QED) is 0.563. The van der Waals surface area contributed by atoms with Gasteiger partial charge in [0.25, 0.3) is 0 Å². The molecule has 0 bridgehead atoms. The summed E-state index contributed by atoms with van der Waals surface area (Å²) in [5.74, 6) is 0.891. The van der Waals surface area contributed by atoms with Crippen LogP contribution in [0.2, 0.25) is 0 Å². The minimum Gasteiger partial charge on any atom is -0.248 e.